The highest BCUT2D eigenvalue weighted by Crippen LogP contribution is 2.38. The van der Waals surface area contributed by atoms with E-state index in [1.165, 1.54) is 10.7 Å². The number of aryl methyl sites for hydroxylation is 1. The summed E-state index contributed by atoms with van der Waals surface area (Å²) >= 11 is 0. The first-order valence-corrected chi connectivity index (χ1v) is 6.16. The van der Waals surface area contributed by atoms with Crippen LogP contribution in [0.25, 0.3) is 11.3 Å². The highest BCUT2D eigenvalue weighted by Gasteiger charge is 2.18. The highest BCUT2D eigenvalue weighted by molar-refractivity contribution is 5.87. The smallest absolute Gasteiger partial charge is 0.356 e. The lowest BCUT2D eigenvalue weighted by Crippen LogP contribution is -2.01. The van der Waals surface area contributed by atoms with Gasteiger partial charge < -0.3 is 14.6 Å². The van der Waals surface area contributed by atoms with E-state index in [2.05, 4.69) is 5.10 Å². The molecule has 0 saturated carbocycles. The number of nitrogens with zero attached hydrogens (tertiary/aromatic N) is 2. The number of rotatable bonds is 5. The molecule has 0 atom stereocenters. The summed E-state index contributed by atoms with van der Waals surface area (Å²) in [4.78, 5) is 11.0. The SMILES string of the molecule is CCOc1c(OC)cccc1-c1cc(C(=O)O)nn1C. The van der Waals surface area contributed by atoms with E-state index >= 15 is 0 Å². The van der Waals surface area contributed by atoms with Gasteiger partial charge in [0.05, 0.1) is 19.4 Å². The number of para-hydroxylation sites is 1. The van der Waals surface area contributed by atoms with Gasteiger partial charge in [-0.15, -0.1) is 0 Å². The van der Waals surface area contributed by atoms with Crippen molar-refractivity contribution >= 4 is 5.97 Å². The quantitative estimate of drug-likeness (QED) is 0.906. The number of carboxylic acid groups (broad SMARTS) is 1. The first kappa shape index (κ1) is 13.9. The van der Waals surface area contributed by atoms with Crippen LogP contribution in [0, 0.1) is 0 Å². The van der Waals surface area contributed by atoms with E-state index in [4.69, 9.17) is 14.6 Å². The van der Waals surface area contributed by atoms with Gasteiger partial charge in [0, 0.05) is 12.6 Å². The Morgan fingerprint density at radius 3 is 2.75 bits per heavy atom. The van der Waals surface area contributed by atoms with E-state index in [9.17, 15) is 4.79 Å². The lowest BCUT2D eigenvalue weighted by atomic mass is 10.1. The van der Waals surface area contributed by atoms with Crippen molar-refractivity contribution in [1.29, 1.82) is 0 Å². The molecule has 0 radical (unpaired) electrons. The molecule has 2 aromatic rings. The largest absolute Gasteiger partial charge is 0.493 e. The number of carbonyl (C=O) groups is 1. The Morgan fingerprint density at radius 1 is 1.45 bits per heavy atom. The Kier molecular flexibility index (Phi) is 3.93. The Morgan fingerprint density at radius 2 is 2.20 bits per heavy atom. The summed E-state index contributed by atoms with van der Waals surface area (Å²) in [5.74, 6) is 0.118. The Labute approximate surface area is 116 Å². The van der Waals surface area contributed by atoms with Crippen molar-refractivity contribution in [3.05, 3.63) is 30.0 Å². The normalized spacial score (nSPS) is 10.3. The number of hydrogen-bond donors (Lipinski definition) is 1. The molecule has 0 aliphatic rings. The van der Waals surface area contributed by atoms with E-state index < -0.39 is 5.97 Å². The van der Waals surface area contributed by atoms with Crippen molar-refractivity contribution in [3.8, 4) is 22.8 Å². The van der Waals surface area contributed by atoms with Crippen molar-refractivity contribution in [2.75, 3.05) is 13.7 Å². The van der Waals surface area contributed by atoms with Crippen LogP contribution in [0.5, 0.6) is 11.5 Å². The molecule has 6 nitrogen and oxygen atoms in total. The van der Waals surface area contributed by atoms with Gasteiger partial charge >= 0.3 is 5.97 Å². The molecule has 6 heteroatoms. The van der Waals surface area contributed by atoms with Crippen molar-refractivity contribution in [2.24, 2.45) is 7.05 Å². The molecule has 1 N–H and O–H groups in total. The molecular weight excluding hydrogens is 260 g/mol. The molecule has 1 aromatic carbocycles. The van der Waals surface area contributed by atoms with Crippen LogP contribution in [0.1, 0.15) is 17.4 Å². The van der Waals surface area contributed by atoms with Gasteiger partial charge in [0.1, 0.15) is 0 Å². The molecule has 1 heterocycles. The molecule has 0 saturated heterocycles. The number of aromatic carboxylic acids is 1. The van der Waals surface area contributed by atoms with Crippen LogP contribution in [0.3, 0.4) is 0 Å². The van der Waals surface area contributed by atoms with Gasteiger partial charge in [0.25, 0.3) is 0 Å². The van der Waals surface area contributed by atoms with E-state index in [1.807, 2.05) is 19.1 Å². The Hall–Kier alpha value is -2.50. The number of hydrogen-bond acceptors (Lipinski definition) is 4. The molecule has 1 aromatic heterocycles. The standard InChI is InChI=1S/C14H16N2O4/c1-4-20-13-9(6-5-7-12(13)19-3)11-8-10(14(17)18)15-16(11)2/h5-8H,4H2,1-3H3,(H,17,18). The van der Waals surface area contributed by atoms with Gasteiger partial charge in [-0.1, -0.05) is 6.07 Å². The minimum Gasteiger partial charge on any atom is -0.493 e. The minimum atomic E-state index is -1.06. The zero-order chi connectivity index (χ0) is 14.7. The predicted octanol–water partition coefficient (Wildman–Crippen LogP) is 2.19. The molecule has 0 unspecified atom stereocenters. The summed E-state index contributed by atoms with van der Waals surface area (Å²) in [6, 6.07) is 6.98. The third-order valence-electron chi connectivity index (χ3n) is 2.86. The molecular formula is C14H16N2O4. The maximum Gasteiger partial charge on any atom is 0.356 e. The third-order valence-corrected chi connectivity index (χ3v) is 2.86. The van der Waals surface area contributed by atoms with Gasteiger partial charge in [0.2, 0.25) is 0 Å². The summed E-state index contributed by atoms with van der Waals surface area (Å²) in [6.07, 6.45) is 0. The van der Waals surface area contributed by atoms with Crippen LogP contribution >= 0.6 is 0 Å². The van der Waals surface area contributed by atoms with Gasteiger partial charge in [-0.25, -0.2) is 4.79 Å². The first-order chi connectivity index (χ1) is 9.58. The number of aromatic nitrogens is 2. The van der Waals surface area contributed by atoms with E-state index in [-0.39, 0.29) is 5.69 Å². The lowest BCUT2D eigenvalue weighted by Gasteiger charge is -2.13. The molecule has 0 bridgehead atoms. The van der Waals surface area contributed by atoms with Gasteiger partial charge in [0.15, 0.2) is 17.2 Å². The van der Waals surface area contributed by atoms with Crippen LogP contribution in [-0.2, 0) is 7.05 Å². The van der Waals surface area contributed by atoms with Gasteiger partial charge in [-0.2, -0.15) is 5.10 Å². The van der Waals surface area contributed by atoms with Crippen molar-refractivity contribution in [2.45, 2.75) is 6.92 Å². The number of ether oxygens (including phenoxy) is 2. The molecule has 20 heavy (non-hydrogen) atoms. The number of benzene rings is 1. The molecule has 0 aliphatic heterocycles. The molecule has 106 valence electrons. The second-order valence-electron chi connectivity index (χ2n) is 4.11. The fourth-order valence-electron chi connectivity index (χ4n) is 2.00. The predicted molar refractivity (Wildman–Crippen MR) is 73.3 cm³/mol. The van der Waals surface area contributed by atoms with E-state index in [0.29, 0.717) is 23.8 Å². The third kappa shape index (κ3) is 2.45. The second kappa shape index (κ2) is 5.64. The molecule has 0 aliphatic carbocycles. The summed E-state index contributed by atoms with van der Waals surface area (Å²) in [5, 5.41) is 13.0. The van der Waals surface area contributed by atoms with E-state index in [1.54, 1.807) is 20.2 Å². The molecule has 0 fully saturated rings. The van der Waals surface area contributed by atoms with Gasteiger partial charge in [-0.3, -0.25) is 4.68 Å². The summed E-state index contributed by atoms with van der Waals surface area (Å²) in [6.45, 7) is 2.36. The fraction of sp³-hybridized carbons (Fsp3) is 0.286. The average molecular weight is 276 g/mol. The van der Waals surface area contributed by atoms with Crippen molar-refractivity contribution in [1.82, 2.24) is 9.78 Å². The second-order valence-corrected chi connectivity index (χ2v) is 4.11. The summed E-state index contributed by atoms with van der Waals surface area (Å²) < 4.78 is 12.4. The van der Waals surface area contributed by atoms with Crippen LogP contribution in [0.4, 0.5) is 0 Å². The summed E-state index contributed by atoms with van der Waals surface area (Å²) in [5.41, 5.74) is 1.39. The number of carboxylic acids is 1. The molecule has 0 amide bonds. The van der Waals surface area contributed by atoms with Crippen molar-refractivity contribution < 1.29 is 19.4 Å². The minimum absolute atomic E-state index is 0.00670. The lowest BCUT2D eigenvalue weighted by molar-refractivity contribution is 0.0689. The van der Waals surface area contributed by atoms with Crippen molar-refractivity contribution in [3.63, 3.8) is 0 Å². The summed E-state index contributed by atoms with van der Waals surface area (Å²) in [7, 11) is 3.25. The van der Waals surface area contributed by atoms with Gasteiger partial charge in [-0.05, 0) is 25.1 Å². The highest BCUT2D eigenvalue weighted by atomic mass is 16.5. The fourth-order valence-corrected chi connectivity index (χ4v) is 2.00. The van der Waals surface area contributed by atoms with E-state index in [0.717, 1.165) is 5.56 Å². The number of methoxy groups -OCH3 is 1. The van der Waals surface area contributed by atoms with Crippen LogP contribution in [-0.4, -0.2) is 34.6 Å². The maximum atomic E-state index is 11.0. The zero-order valence-electron chi connectivity index (χ0n) is 11.6. The Balaban J connectivity index is 2.59. The van der Waals surface area contributed by atoms with Crippen LogP contribution in [0.2, 0.25) is 0 Å². The van der Waals surface area contributed by atoms with Crippen LogP contribution < -0.4 is 9.47 Å². The Bertz CT molecular complexity index is 634. The monoisotopic (exact) mass is 276 g/mol. The average Bonchev–Trinajstić information content (AvgIpc) is 2.81. The molecule has 0 spiro atoms. The topological polar surface area (TPSA) is 73.6 Å². The molecule has 2 rings (SSSR count). The first-order valence-electron chi connectivity index (χ1n) is 6.16. The zero-order valence-corrected chi connectivity index (χ0v) is 11.6. The van der Waals surface area contributed by atoms with Crippen LogP contribution in [0.15, 0.2) is 24.3 Å². The maximum absolute atomic E-state index is 11.0.